The minimum absolute atomic E-state index is 0.769. The zero-order valence-electron chi connectivity index (χ0n) is 8.91. The van der Waals surface area contributed by atoms with Crippen LogP contribution in [-0.2, 0) is 0 Å². The van der Waals surface area contributed by atoms with Crippen LogP contribution < -0.4 is 5.32 Å². The first-order valence-corrected chi connectivity index (χ1v) is 4.94. The summed E-state index contributed by atoms with van der Waals surface area (Å²) in [7, 11) is 0. The predicted octanol–water partition coefficient (Wildman–Crippen LogP) is 1.87. The summed E-state index contributed by atoms with van der Waals surface area (Å²) >= 11 is 0. The van der Waals surface area contributed by atoms with Gasteiger partial charge in [-0.1, -0.05) is 12.1 Å². The van der Waals surface area contributed by atoms with Gasteiger partial charge in [0.1, 0.15) is 12.7 Å². The summed E-state index contributed by atoms with van der Waals surface area (Å²) in [5, 5.41) is 10.6. The van der Waals surface area contributed by atoms with Gasteiger partial charge < -0.3 is 0 Å². The molecule has 0 aliphatic heterocycles. The Kier molecular flexibility index (Phi) is 3.40. The largest absolute Gasteiger partial charge is 0.283 e. The number of aliphatic imine (C=N–C) groups is 1. The molecule has 1 N–H and O–H groups in total. The second-order valence-corrected chi connectivity index (χ2v) is 3.16. The molecule has 17 heavy (non-hydrogen) atoms. The van der Waals surface area contributed by atoms with Crippen LogP contribution in [0.4, 0.5) is 5.69 Å². The van der Waals surface area contributed by atoms with Crippen molar-refractivity contribution in [3.8, 4) is 17.5 Å². The molecule has 0 amide bonds. The van der Waals surface area contributed by atoms with Gasteiger partial charge in [0.2, 0.25) is 0 Å². The van der Waals surface area contributed by atoms with Gasteiger partial charge in [-0.3, -0.25) is 5.32 Å². The zero-order valence-corrected chi connectivity index (χ0v) is 8.91. The first kappa shape index (κ1) is 10.8. The average molecular weight is 223 g/mol. The maximum atomic E-state index is 8.27. The summed E-state index contributed by atoms with van der Waals surface area (Å²) in [4.78, 5) is 12.1. The van der Waals surface area contributed by atoms with Crippen molar-refractivity contribution in [3.05, 3.63) is 42.9 Å². The SMILES string of the molecule is N#CNC=Nc1ccc(-c2ccncn2)cc1. The number of nitriles is 1. The van der Waals surface area contributed by atoms with Crippen LogP contribution in [0.15, 0.2) is 47.8 Å². The fourth-order valence-electron chi connectivity index (χ4n) is 1.32. The Morgan fingerprint density at radius 2 is 2.06 bits per heavy atom. The van der Waals surface area contributed by atoms with Gasteiger partial charge in [0.05, 0.1) is 11.4 Å². The number of nitrogens with zero attached hydrogens (tertiary/aromatic N) is 4. The number of benzene rings is 1. The van der Waals surface area contributed by atoms with Crippen molar-refractivity contribution in [1.29, 1.82) is 5.26 Å². The molecule has 2 rings (SSSR count). The number of aromatic nitrogens is 2. The van der Waals surface area contributed by atoms with Gasteiger partial charge in [-0.25, -0.2) is 15.0 Å². The van der Waals surface area contributed by atoms with Gasteiger partial charge in [-0.15, -0.1) is 0 Å². The quantitative estimate of drug-likeness (QED) is 0.373. The fraction of sp³-hybridized carbons (Fsp3) is 0. The predicted molar refractivity (Wildman–Crippen MR) is 64.4 cm³/mol. The van der Waals surface area contributed by atoms with Gasteiger partial charge in [-0.05, 0) is 18.2 Å². The van der Waals surface area contributed by atoms with Crippen LogP contribution in [0.3, 0.4) is 0 Å². The Labute approximate surface area is 98.5 Å². The smallest absolute Gasteiger partial charge is 0.182 e. The van der Waals surface area contributed by atoms with Crippen LogP contribution in [0.25, 0.3) is 11.3 Å². The van der Waals surface area contributed by atoms with Crippen LogP contribution in [0.5, 0.6) is 0 Å². The molecule has 1 aromatic heterocycles. The van der Waals surface area contributed by atoms with Crippen LogP contribution >= 0.6 is 0 Å². The van der Waals surface area contributed by atoms with E-state index in [1.807, 2.05) is 30.3 Å². The molecule has 0 aliphatic carbocycles. The zero-order chi connectivity index (χ0) is 11.9. The molecule has 1 heterocycles. The van der Waals surface area contributed by atoms with E-state index in [4.69, 9.17) is 5.26 Å². The van der Waals surface area contributed by atoms with E-state index in [0.29, 0.717) is 0 Å². The summed E-state index contributed by atoms with van der Waals surface area (Å²) in [6.45, 7) is 0. The minimum atomic E-state index is 0.769. The number of rotatable bonds is 3. The van der Waals surface area contributed by atoms with E-state index in [0.717, 1.165) is 16.9 Å². The molecule has 2 aromatic rings. The highest BCUT2D eigenvalue weighted by Crippen LogP contribution is 2.19. The summed E-state index contributed by atoms with van der Waals surface area (Å²) in [6, 6.07) is 9.39. The van der Waals surface area contributed by atoms with E-state index in [-0.39, 0.29) is 0 Å². The molecule has 0 bridgehead atoms. The van der Waals surface area contributed by atoms with Crippen molar-refractivity contribution in [2.24, 2.45) is 4.99 Å². The summed E-state index contributed by atoms with van der Waals surface area (Å²) in [6.07, 6.45) is 6.32. The molecular formula is C12H9N5. The molecule has 5 heteroatoms. The second-order valence-electron chi connectivity index (χ2n) is 3.16. The molecule has 0 fully saturated rings. The molecule has 1 aromatic carbocycles. The van der Waals surface area contributed by atoms with E-state index < -0.39 is 0 Å². The van der Waals surface area contributed by atoms with Crippen molar-refractivity contribution < 1.29 is 0 Å². The summed E-state index contributed by atoms with van der Waals surface area (Å²) < 4.78 is 0. The monoisotopic (exact) mass is 223 g/mol. The van der Waals surface area contributed by atoms with Crippen LogP contribution in [0.2, 0.25) is 0 Å². The molecule has 0 unspecified atom stereocenters. The lowest BCUT2D eigenvalue weighted by Gasteiger charge is -1.99. The Hall–Kier alpha value is -2.74. The molecule has 0 saturated heterocycles. The third-order valence-electron chi connectivity index (χ3n) is 2.09. The lowest BCUT2D eigenvalue weighted by molar-refractivity contribution is 1.17. The fourth-order valence-corrected chi connectivity index (χ4v) is 1.32. The Balaban J connectivity index is 2.17. The van der Waals surface area contributed by atoms with E-state index in [9.17, 15) is 0 Å². The van der Waals surface area contributed by atoms with Crippen molar-refractivity contribution >= 4 is 12.0 Å². The van der Waals surface area contributed by atoms with E-state index in [2.05, 4.69) is 20.3 Å². The Morgan fingerprint density at radius 3 is 2.71 bits per heavy atom. The van der Waals surface area contributed by atoms with Crippen molar-refractivity contribution in [1.82, 2.24) is 15.3 Å². The van der Waals surface area contributed by atoms with E-state index in [1.54, 1.807) is 12.4 Å². The maximum Gasteiger partial charge on any atom is 0.182 e. The van der Waals surface area contributed by atoms with Gasteiger partial charge in [-0.2, -0.15) is 5.26 Å². The highest BCUT2D eigenvalue weighted by molar-refractivity contribution is 5.65. The first-order valence-electron chi connectivity index (χ1n) is 4.94. The van der Waals surface area contributed by atoms with Gasteiger partial charge in [0.15, 0.2) is 6.19 Å². The normalized spacial score (nSPS) is 10.1. The Morgan fingerprint density at radius 1 is 1.24 bits per heavy atom. The van der Waals surface area contributed by atoms with Crippen LogP contribution in [-0.4, -0.2) is 16.3 Å². The van der Waals surface area contributed by atoms with E-state index >= 15 is 0 Å². The van der Waals surface area contributed by atoms with Gasteiger partial charge in [0.25, 0.3) is 0 Å². The highest BCUT2D eigenvalue weighted by Gasteiger charge is 1.97. The number of nitrogens with one attached hydrogen (secondary N) is 1. The maximum absolute atomic E-state index is 8.27. The third-order valence-corrected chi connectivity index (χ3v) is 2.09. The Bertz CT molecular complexity index is 539. The van der Waals surface area contributed by atoms with Crippen LogP contribution in [0, 0.1) is 11.5 Å². The molecule has 5 nitrogen and oxygen atoms in total. The number of hydrogen-bond acceptors (Lipinski definition) is 4. The molecule has 0 saturated carbocycles. The molecular weight excluding hydrogens is 214 g/mol. The minimum Gasteiger partial charge on any atom is -0.283 e. The van der Waals surface area contributed by atoms with Crippen LogP contribution in [0.1, 0.15) is 0 Å². The summed E-state index contributed by atoms with van der Waals surface area (Å²) in [5.41, 5.74) is 2.64. The second kappa shape index (κ2) is 5.37. The molecule has 0 atom stereocenters. The summed E-state index contributed by atoms with van der Waals surface area (Å²) in [5.74, 6) is 0. The van der Waals surface area contributed by atoms with Gasteiger partial charge >= 0.3 is 0 Å². The van der Waals surface area contributed by atoms with Gasteiger partial charge in [0, 0.05) is 11.8 Å². The molecule has 0 aliphatic rings. The molecule has 82 valence electrons. The highest BCUT2D eigenvalue weighted by atomic mass is 14.9. The van der Waals surface area contributed by atoms with Crippen molar-refractivity contribution in [2.45, 2.75) is 0 Å². The van der Waals surface area contributed by atoms with Crippen molar-refractivity contribution in [3.63, 3.8) is 0 Å². The van der Waals surface area contributed by atoms with E-state index in [1.165, 1.54) is 12.7 Å². The topological polar surface area (TPSA) is 74.0 Å². The lowest BCUT2D eigenvalue weighted by atomic mass is 10.1. The standard InChI is InChI=1S/C12H9N5/c13-7-15-9-16-11-3-1-10(2-4-11)12-5-6-14-8-17-12/h1-6,8-9H,(H,15,16). The lowest BCUT2D eigenvalue weighted by Crippen LogP contribution is -1.98. The average Bonchev–Trinajstić information content (AvgIpc) is 2.41. The first-order chi connectivity index (χ1) is 8.40. The molecule has 0 radical (unpaired) electrons. The number of hydrogen-bond donors (Lipinski definition) is 1. The molecule has 0 spiro atoms. The third kappa shape index (κ3) is 2.86. The van der Waals surface area contributed by atoms with Crippen molar-refractivity contribution in [2.75, 3.05) is 0 Å².